The highest BCUT2D eigenvalue weighted by molar-refractivity contribution is 6.15. The minimum atomic E-state index is -0.268. The van der Waals surface area contributed by atoms with E-state index in [-0.39, 0.29) is 12.3 Å². The molecule has 0 radical (unpaired) electrons. The third-order valence-electron chi connectivity index (χ3n) is 11.2. The van der Waals surface area contributed by atoms with Gasteiger partial charge in [-0.1, -0.05) is 164 Å². The largest absolute Gasteiger partial charge is 0.456 e. The summed E-state index contributed by atoms with van der Waals surface area (Å²) in [6, 6.07) is 67.1. The van der Waals surface area contributed by atoms with Crippen molar-refractivity contribution >= 4 is 60.1 Å². The fraction of sp³-hybridized carbons (Fsp3) is 0.0392. The molecular weight excluding hydrogens is 671 g/mol. The number of furan rings is 1. The van der Waals surface area contributed by atoms with Crippen molar-refractivity contribution in [1.82, 2.24) is 10.6 Å². The number of amidine groups is 1. The molecule has 0 saturated carbocycles. The highest BCUT2D eigenvalue weighted by atomic mass is 16.3. The quantitative estimate of drug-likeness (QED) is 0.187. The van der Waals surface area contributed by atoms with Crippen LogP contribution in [0.2, 0.25) is 0 Å². The van der Waals surface area contributed by atoms with E-state index >= 15 is 0 Å². The lowest BCUT2D eigenvalue weighted by atomic mass is 9.91. The molecule has 260 valence electrons. The summed E-state index contributed by atoms with van der Waals surface area (Å²) in [6.45, 7) is 0. The van der Waals surface area contributed by atoms with E-state index in [2.05, 4.69) is 187 Å². The smallest absolute Gasteiger partial charge is 0.136 e. The van der Waals surface area contributed by atoms with Gasteiger partial charge in [0.25, 0.3) is 0 Å². The van der Waals surface area contributed by atoms with E-state index in [1.807, 2.05) is 12.1 Å². The summed E-state index contributed by atoms with van der Waals surface area (Å²) in [7, 11) is 0. The summed E-state index contributed by atoms with van der Waals surface area (Å²) in [5.41, 5.74) is 9.84. The Bertz CT molecular complexity index is 3120. The Balaban J connectivity index is 1.02. The molecule has 0 amide bonds. The summed E-state index contributed by atoms with van der Waals surface area (Å²) in [6.07, 6.45) is -0.482. The van der Waals surface area contributed by atoms with Crippen molar-refractivity contribution in [3.05, 3.63) is 205 Å². The molecule has 1 aliphatic rings. The maximum atomic E-state index is 6.30. The average molecular weight is 706 g/mol. The van der Waals surface area contributed by atoms with Crippen molar-refractivity contribution in [2.45, 2.75) is 12.3 Å². The number of para-hydroxylation sites is 1. The van der Waals surface area contributed by atoms with Crippen LogP contribution in [0.3, 0.4) is 0 Å². The zero-order valence-electron chi connectivity index (χ0n) is 29.9. The molecule has 0 saturated heterocycles. The predicted octanol–water partition coefficient (Wildman–Crippen LogP) is 12.7. The van der Waals surface area contributed by atoms with Gasteiger partial charge in [-0.05, 0) is 90.0 Å². The van der Waals surface area contributed by atoms with Crippen LogP contribution in [-0.2, 0) is 0 Å². The van der Waals surface area contributed by atoms with E-state index in [9.17, 15) is 0 Å². The van der Waals surface area contributed by atoms with E-state index in [0.29, 0.717) is 0 Å². The molecule has 2 N–H and O–H groups in total. The van der Waals surface area contributed by atoms with E-state index in [0.717, 1.165) is 50.0 Å². The maximum Gasteiger partial charge on any atom is 0.136 e. The van der Waals surface area contributed by atoms with Crippen LogP contribution < -0.4 is 10.6 Å². The van der Waals surface area contributed by atoms with Crippen LogP contribution in [0, 0.1) is 0 Å². The first-order valence-electron chi connectivity index (χ1n) is 18.8. The van der Waals surface area contributed by atoms with Gasteiger partial charge in [0.15, 0.2) is 0 Å². The zero-order chi connectivity index (χ0) is 36.3. The van der Waals surface area contributed by atoms with E-state index < -0.39 is 0 Å². The molecule has 2 heterocycles. The molecule has 0 bridgehead atoms. The third-order valence-corrected chi connectivity index (χ3v) is 11.2. The van der Waals surface area contributed by atoms with Crippen LogP contribution in [0.5, 0.6) is 0 Å². The molecule has 1 aliphatic heterocycles. The Morgan fingerprint density at radius 2 is 1.07 bits per heavy atom. The van der Waals surface area contributed by atoms with Crippen molar-refractivity contribution < 1.29 is 4.42 Å². The molecule has 2 atom stereocenters. The van der Waals surface area contributed by atoms with Crippen LogP contribution in [0.15, 0.2) is 197 Å². The summed E-state index contributed by atoms with van der Waals surface area (Å²) < 4.78 is 6.30. The van der Waals surface area contributed by atoms with Crippen molar-refractivity contribution in [2.75, 3.05) is 0 Å². The number of nitrogens with one attached hydrogen (secondary N) is 2. The van der Waals surface area contributed by atoms with Crippen molar-refractivity contribution in [1.29, 1.82) is 0 Å². The van der Waals surface area contributed by atoms with Gasteiger partial charge in [-0.15, -0.1) is 0 Å². The van der Waals surface area contributed by atoms with Crippen LogP contribution >= 0.6 is 0 Å². The van der Waals surface area contributed by atoms with Gasteiger partial charge in [0, 0.05) is 16.3 Å². The number of hydrogen-bond donors (Lipinski definition) is 2. The Kier molecular flexibility index (Phi) is 7.35. The fourth-order valence-electron chi connectivity index (χ4n) is 8.41. The number of benzene rings is 9. The van der Waals surface area contributed by atoms with Crippen LogP contribution in [-0.4, -0.2) is 5.84 Å². The van der Waals surface area contributed by atoms with Gasteiger partial charge >= 0.3 is 0 Å². The van der Waals surface area contributed by atoms with Crippen molar-refractivity contribution in [3.63, 3.8) is 0 Å². The van der Waals surface area contributed by atoms with Crippen molar-refractivity contribution in [3.8, 4) is 22.3 Å². The van der Waals surface area contributed by atoms with Gasteiger partial charge in [-0.2, -0.15) is 0 Å². The molecule has 0 aliphatic carbocycles. The zero-order valence-corrected chi connectivity index (χ0v) is 29.9. The first kappa shape index (κ1) is 31.5. The van der Waals surface area contributed by atoms with Gasteiger partial charge in [0.05, 0.1) is 0 Å². The first-order valence-corrected chi connectivity index (χ1v) is 18.8. The molecule has 11 rings (SSSR count). The summed E-state index contributed by atoms with van der Waals surface area (Å²) in [5, 5.41) is 17.3. The Morgan fingerprint density at radius 3 is 1.89 bits per heavy atom. The second-order valence-corrected chi connectivity index (χ2v) is 14.4. The Hall–Kier alpha value is -7.01. The molecule has 0 spiro atoms. The Morgan fingerprint density at radius 1 is 0.436 bits per heavy atom. The predicted molar refractivity (Wildman–Crippen MR) is 228 cm³/mol. The number of nitrogens with zero attached hydrogens (tertiary/aromatic N) is 1. The molecule has 1 aromatic heterocycles. The first-order chi connectivity index (χ1) is 27.2. The summed E-state index contributed by atoms with van der Waals surface area (Å²) >= 11 is 0. The van der Waals surface area contributed by atoms with Crippen LogP contribution in [0.25, 0.3) is 76.5 Å². The highest BCUT2D eigenvalue weighted by Gasteiger charge is 2.27. The number of rotatable bonds is 5. The normalized spacial score (nSPS) is 15.8. The minimum Gasteiger partial charge on any atom is -0.456 e. The lowest BCUT2D eigenvalue weighted by Crippen LogP contribution is -2.45. The summed E-state index contributed by atoms with van der Waals surface area (Å²) in [5.74, 6) is 0.856. The molecule has 9 aromatic carbocycles. The van der Waals surface area contributed by atoms with Gasteiger partial charge < -0.3 is 9.73 Å². The molecule has 4 nitrogen and oxygen atoms in total. The van der Waals surface area contributed by atoms with E-state index in [1.165, 1.54) is 49.0 Å². The van der Waals surface area contributed by atoms with Gasteiger partial charge in [-0.3, -0.25) is 5.32 Å². The minimum absolute atomic E-state index is 0.214. The number of fused-ring (bicyclic) bond motifs is 6. The topological polar surface area (TPSA) is 49.6 Å². The van der Waals surface area contributed by atoms with Crippen LogP contribution in [0.1, 0.15) is 29.0 Å². The van der Waals surface area contributed by atoms with E-state index in [4.69, 9.17) is 9.41 Å². The monoisotopic (exact) mass is 705 g/mol. The number of aliphatic imine (C=N–C) groups is 1. The van der Waals surface area contributed by atoms with Gasteiger partial charge in [0.1, 0.15) is 29.3 Å². The molecule has 10 aromatic rings. The highest BCUT2D eigenvalue weighted by Crippen LogP contribution is 2.41. The van der Waals surface area contributed by atoms with Gasteiger partial charge in [0.2, 0.25) is 0 Å². The number of hydrogen-bond acceptors (Lipinski definition) is 4. The Labute approximate surface area is 318 Å². The average Bonchev–Trinajstić information content (AvgIpc) is 3.65. The van der Waals surface area contributed by atoms with E-state index in [1.54, 1.807) is 0 Å². The fourth-order valence-corrected chi connectivity index (χ4v) is 8.41. The van der Waals surface area contributed by atoms with Crippen LogP contribution in [0.4, 0.5) is 0 Å². The second kappa shape index (κ2) is 12.8. The molecule has 2 unspecified atom stereocenters. The molecular formula is C51H35N3O. The lowest BCUT2D eigenvalue weighted by molar-refractivity contribution is 0.411. The molecule has 0 fully saturated rings. The second-order valence-electron chi connectivity index (χ2n) is 14.4. The van der Waals surface area contributed by atoms with Crippen molar-refractivity contribution in [2.24, 2.45) is 4.99 Å². The standard InChI is InChI=1S/C51H35N3O/c1-3-12-36-30-38(26-22-32(36)10-1)34-20-24-35(25-21-34)49-52-50(39-27-23-33-11-2-4-13-37(33)31-39)54-51(53-49)44-29-28-42(40-14-5-6-15-41(40)44)43-17-9-19-47-48(43)45-16-7-8-18-46(45)55-47/h1-31,50-51,54H,(H,52,53). The van der Waals surface area contributed by atoms with Gasteiger partial charge in [-0.25, -0.2) is 4.99 Å². The summed E-state index contributed by atoms with van der Waals surface area (Å²) in [4.78, 5) is 5.33. The third kappa shape index (κ3) is 5.46. The molecule has 55 heavy (non-hydrogen) atoms. The SMILES string of the molecule is c1ccc2cc(-c3ccc(C4=NC(c5ccc6ccccc6c5)NC(c5ccc(-c6cccc7oc8ccccc8c67)c6ccccc56)N4)cc3)ccc2c1. The molecule has 4 heteroatoms. The lowest BCUT2D eigenvalue weighted by Gasteiger charge is -2.33. The maximum absolute atomic E-state index is 6.30.